The molecule has 0 saturated carbocycles. The summed E-state index contributed by atoms with van der Waals surface area (Å²) in [4.78, 5) is 11.9. The van der Waals surface area contributed by atoms with Crippen LogP contribution in [0.2, 0.25) is 0 Å². The van der Waals surface area contributed by atoms with Gasteiger partial charge in [0.05, 0.1) is 0 Å². The highest BCUT2D eigenvalue weighted by Crippen LogP contribution is 2.13. The first-order valence-electron chi connectivity index (χ1n) is 5.41. The van der Waals surface area contributed by atoms with Crippen molar-refractivity contribution in [3.05, 3.63) is 45.6 Å². The van der Waals surface area contributed by atoms with Crippen molar-refractivity contribution in [2.24, 2.45) is 0 Å². The van der Waals surface area contributed by atoms with Gasteiger partial charge in [-0.2, -0.15) is 5.10 Å². The van der Waals surface area contributed by atoms with Crippen LogP contribution in [0.3, 0.4) is 0 Å². The van der Waals surface area contributed by atoms with Gasteiger partial charge in [0.1, 0.15) is 5.56 Å². The molecule has 6 heteroatoms. The number of aryl methyl sites for hydroxylation is 1. The van der Waals surface area contributed by atoms with Crippen molar-refractivity contribution in [2.75, 3.05) is 5.73 Å². The van der Waals surface area contributed by atoms with Gasteiger partial charge in [-0.05, 0) is 24.6 Å². The van der Waals surface area contributed by atoms with Crippen molar-refractivity contribution in [2.45, 2.75) is 13.5 Å². The number of hydrogen-bond donors (Lipinski definition) is 3. The van der Waals surface area contributed by atoms with Crippen LogP contribution in [0.1, 0.15) is 21.6 Å². The first-order valence-corrected chi connectivity index (χ1v) is 6.20. The van der Waals surface area contributed by atoms with Crippen LogP contribution in [-0.2, 0) is 6.54 Å². The molecule has 1 aromatic heterocycles. The zero-order chi connectivity index (χ0) is 13.1. The Morgan fingerprint density at radius 3 is 2.94 bits per heavy atom. The lowest BCUT2D eigenvalue weighted by atomic mass is 10.2. The van der Waals surface area contributed by atoms with Gasteiger partial charge in [0.15, 0.2) is 5.82 Å². The van der Waals surface area contributed by atoms with Gasteiger partial charge in [0.2, 0.25) is 0 Å². The predicted molar refractivity (Wildman–Crippen MR) is 73.0 cm³/mol. The van der Waals surface area contributed by atoms with Gasteiger partial charge in [-0.15, -0.1) is 0 Å². The Morgan fingerprint density at radius 2 is 2.33 bits per heavy atom. The second-order valence-corrected chi connectivity index (χ2v) is 4.84. The number of nitrogens with zero attached hydrogens (tertiary/aromatic N) is 1. The van der Waals surface area contributed by atoms with Crippen LogP contribution >= 0.6 is 15.9 Å². The third kappa shape index (κ3) is 2.70. The molecule has 94 valence electrons. The lowest BCUT2D eigenvalue weighted by molar-refractivity contribution is 0.0951. The highest BCUT2D eigenvalue weighted by Gasteiger charge is 2.15. The van der Waals surface area contributed by atoms with E-state index < -0.39 is 0 Å². The van der Waals surface area contributed by atoms with Crippen LogP contribution in [0.5, 0.6) is 0 Å². The Morgan fingerprint density at radius 1 is 1.56 bits per heavy atom. The summed E-state index contributed by atoms with van der Waals surface area (Å²) in [6.07, 6.45) is 0. The second-order valence-electron chi connectivity index (χ2n) is 3.92. The van der Waals surface area contributed by atoms with Crippen LogP contribution in [0.4, 0.5) is 5.82 Å². The Kier molecular flexibility index (Phi) is 3.66. The number of rotatable bonds is 3. The number of nitrogen functional groups attached to an aromatic ring is 1. The van der Waals surface area contributed by atoms with Gasteiger partial charge in [0, 0.05) is 16.7 Å². The van der Waals surface area contributed by atoms with Crippen molar-refractivity contribution in [3.8, 4) is 0 Å². The minimum absolute atomic E-state index is 0.222. The molecule has 1 amide bonds. The van der Waals surface area contributed by atoms with E-state index in [9.17, 15) is 4.79 Å². The summed E-state index contributed by atoms with van der Waals surface area (Å²) in [6, 6.07) is 7.75. The molecule has 0 bridgehead atoms. The number of hydrogen-bond acceptors (Lipinski definition) is 3. The van der Waals surface area contributed by atoms with Crippen molar-refractivity contribution >= 4 is 27.7 Å². The van der Waals surface area contributed by atoms with E-state index in [4.69, 9.17) is 5.73 Å². The van der Waals surface area contributed by atoms with Gasteiger partial charge < -0.3 is 11.1 Å². The van der Waals surface area contributed by atoms with Gasteiger partial charge in [-0.1, -0.05) is 28.1 Å². The topological polar surface area (TPSA) is 83.8 Å². The average Bonchev–Trinajstić information content (AvgIpc) is 2.66. The maximum Gasteiger partial charge on any atom is 0.257 e. The normalized spacial score (nSPS) is 10.3. The highest BCUT2D eigenvalue weighted by atomic mass is 79.9. The minimum Gasteiger partial charge on any atom is -0.382 e. The highest BCUT2D eigenvalue weighted by molar-refractivity contribution is 9.10. The number of aromatic nitrogens is 2. The van der Waals surface area contributed by atoms with E-state index in [0.29, 0.717) is 17.8 Å². The first-order chi connectivity index (χ1) is 8.58. The van der Waals surface area contributed by atoms with Crippen LogP contribution in [0.25, 0.3) is 0 Å². The van der Waals surface area contributed by atoms with Crippen molar-refractivity contribution in [1.82, 2.24) is 15.5 Å². The van der Waals surface area contributed by atoms with Crippen molar-refractivity contribution < 1.29 is 4.79 Å². The fourth-order valence-electron chi connectivity index (χ4n) is 1.65. The van der Waals surface area contributed by atoms with Crippen LogP contribution in [-0.4, -0.2) is 16.1 Å². The summed E-state index contributed by atoms with van der Waals surface area (Å²) >= 11 is 3.38. The lowest BCUT2D eigenvalue weighted by Gasteiger charge is -2.05. The van der Waals surface area contributed by atoms with E-state index in [2.05, 4.69) is 31.4 Å². The number of aromatic amines is 1. The van der Waals surface area contributed by atoms with Crippen LogP contribution in [0.15, 0.2) is 28.7 Å². The van der Waals surface area contributed by atoms with Gasteiger partial charge in [0.25, 0.3) is 5.91 Å². The molecular formula is C12H13BrN4O. The Balaban J connectivity index is 2.05. The number of anilines is 1. The van der Waals surface area contributed by atoms with Crippen molar-refractivity contribution in [1.29, 1.82) is 0 Å². The molecule has 2 rings (SSSR count). The first kappa shape index (κ1) is 12.6. The number of amides is 1. The Bertz CT molecular complexity index is 560. The van der Waals surface area contributed by atoms with E-state index in [1.165, 1.54) is 0 Å². The summed E-state index contributed by atoms with van der Waals surface area (Å²) in [5.41, 5.74) is 7.71. The number of halogens is 1. The molecule has 2 aromatic rings. The second kappa shape index (κ2) is 5.22. The van der Waals surface area contributed by atoms with E-state index in [-0.39, 0.29) is 11.7 Å². The molecule has 0 saturated heterocycles. The van der Waals surface area contributed by atoms with Gasteiger partial charge in [-0.3, -0.25) is 9.89 Å². The molecule has 4 N–H and O–H groups in total. The van der Waals surface area contributed by atoms with Crippen LogP contribution < -0.4 is 11.1 Å². The summed E-state index contributed by atoms with van der Waals surface area (Å²) in [5, 5.41) is 9.28. The largest absolute Gasteiger partial charge is 0.382 e. The molecular weight excluding hydrogens is 296 g/mol. The molecule has 1 heterocycles. The molecule has 0 aliphatic rings. The van der Waals surface area contributed by atoms with E-state index in [1.807, 2.05) is 24.3 Å². The Labute approximate surface area is 113 Å². The molecule has 0 unspecified atom stereocenters. The van der Waals surface area contributed by atoms with Crippen LogP contribution in [0, 0.1) is 6.92 Å². The molecule has 1 aromatic carbocycles. The monoisotopic (exact) mass is 308 g/mol. The lowest BCUT2D eigenvalue weighted by Crippen LogP contribution is -2.24. The fourth-order valence-corrected chi connectivity index (χ4v) is 2.10. The Hall–Kier alpha value is -1.82. The maximum atomic E-state index is 11.9. The van der Waals surface area contributed by atoms with Gasteiger partial charge in [-0.25, -0.2) is 0 Å². The quantitative estimate of drug-likeness (QED) is 0.811. The number of H-pyrrole nitrogens is 1. The van der Waals surface area contributed by atoms with Crippen molar-refractivity contribution in [3.63, 3.8) is 0 Å². The van der Waals surface area contributed by atoms with E-state index >= 15 is 0 Å². The number of benzene rings is 1. The molecule has 0 atom stereocenters. The average molecular weight is 309 g/mol. The number of nitrogens with two attached hydrogens (primary N) is 1. The summed E-state index contributed by atoms with van der Waals surface area (Å²) in [7, 11) is 0. The number of nitrogens with one attached hydrogen (secondary N) is 2. The minimum atomic E-state index is -0.223. The van der Waals surface area contributed by atoms with E-state index in [0.717, 1.165) is 10.0 Å². The number of carbonyl (C=O) groups excluding carboxylic acids is 1. The molecule has 0 aliphatic carbocycles. The summed E-state index contributed by atoms with van der Waals surface area (Å²) in [5.74, 6) is -0.00188. The molecule has 0 fully saturated rings. The standard InChI is InChI=1S/C12H13BrN4O/c1-7-10(11(14)17-16-7)12(18)15-6-8-3-2-4-9(13)5-8/h2-5H,6H2,1H3,(H,15,18)(H3,14,16,17). The smallest absolute Gasteiger partial charge is 0.257 e. The molecule has 5 nitrogen and oxygen atoms in total. The molecule has 0 aliphatic heterocycles. The van der Waals surface area contributed by atoms with E-state index in [1.54, 1.807) is 6.92 Å². The molecule has 18 heavy (non-hydrogen) atoms. The third-order valence-corrected chi connectivity index (χ3v) is 3.04. The third-order valence-electron chi connectivity index (χ3n) is 2.54. The number of carbonyl (C=O) groups is 1. The summed E-state index contributed by atoms with van der Waals surface area (Å²) < 4.78 is 0.980. The fraction of sp³-hybridized carbons (Fsp3) is 0.167. The maximum absolute atomic E-state index is 11.9. The SMILES string of the molecule is Cc1[nH]nc(N)c1C(=O)NCc1cccc(Br)c1. The predicted octanol–water partition coefficient (Wildman–Crippen LogP) is 1.99. The molecule has 0 spiro atoms. The summed E-state index contributed by atoms with van der Waals surface area (Å²) in [6.45, 7) is 2.21. The zero-order valence-corrected chi connectivity index (χ0v) is 11.4. The molecule has 0 radical (unpaired) electrons. The van der Waals surface area contributed by atoms with Gasteiger partial charge >= 0.3 is 0 Å². The zero-order valence-electron chi connectivity index (χ0n) is 9.83.